The highest BCUT2D eigenvalue weighted by Gasteiger charge is 2.15. The maximum atomic E-state index is 13.3. The highest BCUT2D eigenvalue weighted by atomic mass is 19.1. The van der Waals surface area contributed by atoms with Crippen LogP contribution in [0.5, 0.6) is 0 Å². The van der Waals surface area contributed by atoms with Crippen molar-refractivity contribution in [1.29, 1.82) is 0 Å². The van der Waals surface area contributed by atoms with Gasteiger partial charge in [-0.15, -0.1) is 0 Å². The van der Waals surface area contributed by atoms with Crippen molar-refractivity contribution in [3.8, 4) is 22.4 Å². The lowest BCUT2D eigenvalue weighted by Gasteiger charge is -2.12. The Morgan fingerprint density at radius 3 is 2.43 bits per heavy atom. The third-order valence-corrected chi connectivity index (χ3v) is 4.62. The fraction of sp³-hybridized carbons (Fsp3) is 0.0417. The Balaban J connectivity index is 0.00000225. The minimum atomic E-state index is -0.252. The van der Waals surface area contributed by atoms with Crippen molar-refractivity contribution in [1.82, 2.24) is 9.55 Å². The van der Waals surface area contributed by atoms with Crippen molar-refractivity contribution in [2.75, 3.05) is 5.73 Å². The van der Waals surface area contributed by atoms with E-state index in [0.29, 0.717) is 5.82 Å². The van der Waals surface area contributed by atoms with Crippen LogP contribution in [0.4, 0.5) is 10.2 Å². The number of pyridine rings is 1. The first-order chi connectivity index (χ1) is 13.1. The summed E-state index contributed by atoms with van der Waals surface area (Å²) >= 11 is 0. The van der Waals surface area contributed by atoms with Crippen LogP contribution in [0.1, 0.15) is 7.43 Å². The van der Waals surface area contributed by atoms with Gasteiger partial charge in [0.15, 0.2) is 0 Å². The number of hydrogen-bond donors (Lipinski definition) is 1. The topological polar surface area (TPSA) is 43.8 Å². The third kappa shape index (κ3) is 3.21. The zero-order chi connectivity index (χ0) is 19.0. The quantitative estimate of drug-likeness (QED) is 0.423. The first-order valence-corrected chi connectivity index (χ1v) is 8.52. The van der Waals surface area contributed by atoms with Crippen molar-refractivity contribution < 1.29 is 4.39 Å². The fourth-order valence-electron chi connectivity index (χ4n) is 3.26. The summed E-state index contributed by atoms with van der Waals surface area (Å²) in [5.74, 6) is 0.203. The van der Waals surface area contributed by atoms with Gasteiger partial charge in [0.2, 0.25) is 0 Å². The van der Waals surface area contributed by atoms with E-state index in [1.165, 1.54) is 12.1 Å². The highest BCUT2D eigenvalue weighted by Crippen LogP contribution is 2.35. The van der Waals surface area contributed by atoms with Gasteiger partial charge in [-0.25, -0.2) is 9.37 Å². The van der Waals surface area contributed by atoms with Crippen LogP contribution >= 0.6 is 0 Å². The summed E-state index contributed by atoms with van der Waals surface area (Å²) in [7, 11) is 0. The number of allylic oxidation sites excluding steroid dienone is 2. The lowest BCUT2D eigenvalue weighted by molar-refractivity contribution is 0.628. The maximum absolute atomic E-state index is 13.3. The molecule has 0 unspecified atom stereocenters. The molecule has 140 valence electrons. The average molecular weight is 371 g/mol. The van der Waals surface area contributed by atoms with E-state index in [4.69, 9.17) is 5.73 Å². The molecule has 0 atom stereocenters. The van der Waals surface area contributed by atoms with Gasteiger partial charge in [-0.2, -0.15) is 0 Å². The minimum absolute atomic E-state index is 0. The van der Waals surface area contributed by atoms with Gasteiger partial charge in [0.05, 0.1) is 11.2 Å². The SMILES string of the molecule is C.C=CC(=C)n1c(-c2cccnc2N)cc2ccc(-c3ccc(F)cc3)cc21. The molecule has 0 bridgehead atoms. The maximum Gasteiger partial charge on any atom is 0.132 e. The van der Waals surface area contributed by atoms with Crippen LogP contribution in [0.25, 0.3) is 39.0 Å². The van der Waals surface area contributed by atoms with Crippen LogP contribution in [-0.4, -0.2) is 9.55 Å². The summed E-state index contributed by atoms with van der Waals surface area (Å²) in [4.78, 5) is 4.20. The van der Waals surface area contributed by atoms with Gasteiger partial charge < -0.3 is 10.3 Å². The Morgan fingerprint density at radius 2 is 1.75 bits per heavy atom. The van der Waals surface area contributed by atoms with Crippen LogP contribution in [0.3, 0.4) is 0 Å². The molecule has 4 rings (SSSR count). The number of nitrogen functional groups attached to an aromatic ring is 1. The molecule has 0 amide bonds. The van der Waals surface area contributed by atoms with E-state index in [1.54, 1.807) is 24.4 Å². The molecular weight excluding hydrogens is 349 g/mol. The second-order valence-corrected chi connectivity index (χ2v) is 6.28. The van der Waals surface area contributed by atoms with Crippen LogP contribution in [0, 0.1) is 5.82 Å². The molecule has 2 aromatic carbocycles. The van der Waals surface area contributed by atoms with Crippen LogP contribution < -0.4 is 5.73 Å². The molecular formula is C24H22FN3. The molecule has 0 saturated carbocycles. The van der Waals surface area contributed by atoms with Gasteiger partial charge in [0.25, 0.3) is 0 Å². The van der Waals surface area contributed by atoms with Crippen LogP contribution in [-0.2, 0) is 0 Å². The molecule has 0 fully saturated rings. The summed E-state index contributed by atoms with van der Waals surface area (Å²) in [6.45, 7) is 7.99. The summed E-state index contributed by atoms with van der Waals surface area (Å²) in [5, 5.41) is 1.04. The number of benzene rings is 2. The van der Waals surface area contributed by atoms with Gasteiger partial charge in [0, 0.05) is 22.8 Å². The van der Waals surface area contributed by atoms with E-state index in [-0.39, 0.29) is 13.2 Å². The highest BCUT2D eigenvalue weighted by molar-refractivity contribution is 5.95. The van der Waals surface area contributed by atoms with E-state index in [1.807, 2.05) is 28.8 Å². The van der Waals surface area contributed by atoms with E-state index >= 15 is 0 Å². The number of hydrogen-bond acceptors (Lipinski definition) is 2. The Hall–Kier alpha value is -3.66. The Morgan fingerprint density at radius 1 is 1.04 bits per heavy atom. The Bertz CT molecular complexity index is 1170. The molecule has 0 aliphatic rings. The standard InChI is InChI=1S/C23H18FN3.CH4/c1-3-15(2)27-21-13-17(16-8-10-19(24)11-9-16)6-7-18(21)14-22(27)20-5-4-12-26-23(20)25;/h3-14H,1-2H2,(H2,25,26);1H4. The first kappa shape index (κ1) is 19.1. The normalized spacial score (nSPS) is 10.5. The van der Waals surface area contributed by atoms with Gasteiger partial charge in [-0.3, -0.25) is 0 Å². The molecule has 28 heavy (non-hydrogen) atoms. The largest absolute Gasteiger partial charge is 0.383 e. The zero-order valence-corrected chi connectivity index (χ0v) is 14.7. The second kappa shape index (κ2) is 7.53. The molecule has 4 aromatic rings. The van der Waals surface area contributed by atoms with Crippen molar-refractivity contribution >= 4 is 22.4 Å². The van der Waals surface area contributed by atoms with Crippen molar-refractivity contribution in [2.45, 2.75) is 7.43 Å². The summed E-state index contributed by atoms with van der Waals surface area (Å²) in [5.41, 5.74) is 11.5. The predicted molar refractivity (Wildman–Crippen MR) is 117 cm³/mol. The lowest BCUT2D eigenvalue weighted by atomic mass is 10.0. The zero-order valence-electron chi connectivity index (χ0n) is 14.7. The van der Waals surface area contributed by atoms with Gasteiger partial charge in [-0.05, 0) is 53.6 Å². The summed E-state index contributed by atoms with van der Waals surface area (Å²) in [6.07, 6.45) is 3.38. The van der Waals surface area contributed by atoms with E-state index in [9.17, 15) is 4.39 Å². The van der Waals surface area contributed by atoms with Crippen molar-refractivity contribution in [2.24, 2.45) is 0 Å². The molecule has 0 aliphatic heterocycles. The fourth-order valence-corrected chi connectivity index (χ4v) is 3.26. The van der Waals surface area contributed by atoms with Gasteiger partial charge >= 0.3 is 0 Å². The Kier molecular flexibility index (Phi) is 5.14. The van der Waals surface area contributed by atoms with Gasteiger partial charge in [-0.1, -0.05) is 44.8 Å². The second-order valence-electron chi connectivity index (χ2n) is 6.28. The number of nitrogens with zero attached hydrogens (tertiary/aromatic N) is 2. The predicted octanol–water partition coefficient (Wildman–Crippen LogP) is 6.38. The number of aromatic nitrogens is 2. The summed E-state index contributed by atoms with van der Waals surface area (Å²) in [6, 6.07) is 18.4. The van der Waals surface area contributed by atoms with Crippen LogP contribution in [0.2, 0.25) is 0 Å². The minimum Gasteiger partial charge on any atom is -0.383 e. The van der Waals surface area contributed by atoms with Crippen LogP contribution in [0.15, 0.2) is 86.1 Å². The third-order valence-electron chi connectivity index (χ3n) is 4.62. The van der Waals surface area contributed by atoms with E-state index in [0.717, 1.165) is 39.0 Å². The van der Waals surface area contributed by atoms with E-state index < -0.39 is 0 Å². The molecule has 2 aromatic heterocycles. The van der Waals surface area contributed by atoms with Crippen molar-refractivity contribution in [3.63, 3.8) is 0 Å². The molecule has 0 spiro atoms. The Labute approximate surface area is 164 Å². The molecule has 0 saturated heterocycles. The lowest BCUT2D eigenvalue weighted by Crippen LogP contribution is -2.00. The molecule has 2 N–H and O–H groups in total. The number of anilines is 1. The monoisotopic (exact) mass is 371 g/mol. The number of nitrogens with two attached hydrogens (primary N) is 1. The molecule has 3 nitrogen and oxygen atoms in total. The first-order valence-electron chi connectivity index (χ1n) is 8.52. The molecule has 0 radical (unpaired) electrons. The van der Waals surface area contributed by atoms with Gasteiger partial charge in [0.1, 0.15) is 11.6 Å². The molecule has 4 heteroatoms. The van der Waals surface area contributed by atoms with E-state index in [2.05, 4.69) is 30.3 Å². The smallest absolute Gasteiger partial charge is 0.132 e. The van der Waals surface area contributed by atoms with Crippen molar-refractivity contribution in [3.05, 3.63) is 91.9 Å². The average Bonchev–Trinajstić information content (AvgIpc) is 3.06. The number of fused-ring (bicyclic) bond motifs is 1. The number of rotatable bonds is 4. The molecule has 0 aliphatic carbocycles. The molecule has 2 heterocycles. The summed E-state index contributed by atoms with van der Waals surface area (Å²) < 4.78 is 15.3. The number of halogens is 1.